The molecular formula is C21H25ClN2O2S. The largest absolute Gasteiger partial charge is 0.332 e. The molecule has 2 aromatic rings. The fourth-order valence-electron chi connectivity index (χ4n) is 3.71. The zero-order valence-corrected chi connectivity index (χ0v) is 17.4. The number of hydrogen-bond donors (Lipinski definition) is 0. The molecule has 0 unspecified atom stereocenters. The van der Waals surface area contributed by atoms with Gasteiger partial charge < -0.3 is 9.80 Å². The molecule has 0 bridgehead atoms. The smallest absolute Gasteiger partial charge is 0.242 e. The van der Waals surface area contributed by atoms with Crippen molar-refractivity contribution >= 4 is 34.8 Å². The number of rotatable bonds is 6. The Labute approximate surface area is 169 Å². The minimum atomic E-state index is -0.187. The van der Waals surface area contributed by atoms with E-state index in [9.17, 15) is 9.59 Å². The van der Waals surface area contributed by atoms with E-state index in [4.69, 9.17) is 11.6 Å². The minimum absolute atomic E-state index is 0.0213. The van der Waals surface area contributed by atoms with Crippen LogP contribution >= 0.6 is 22.9 Å². The van der Waals surface area contributed by atoms with Crippen LogP contribution in [-0.2, 0) is 16.0 Å². The highest BCUT2D eigenvalue weighted by Crippen LogP contribution is 2.38. The molecule has 0 saturated heterocycles. The fourth-order valence-corrected chi connectivity index (χ4v) is 4.79. The van der Waals surface area contributed by atoms with Gasteiger partial charge in [-0.1, -0.05) is 31.2 Å². The van der Waals surface area contributed by atoms with Crippen LogP contribution in [0.3, 0.4) is 0 Å². The predicted molar refractivity (Wildman–Crippen MR) is 110 cm³/mol. The van der Waals surface area contributed by atoms with Crippen molar-refractivity contribution in [3.05, 3.63) is 57.3 Å². The summed E-state index contributed by atoms with van der Waals surface area (Å²) in [5.74, 6) is -0.303. The number of halogens is 1. The van der Waals surface area contributed by atoms with E-state index in [0.717, 1.165) is 18.4 Å². The van der Waals surface area contributed by atoms with E-state index in [-0.39, 0.29) is 30.3 Å². The molecule has 0 saturated carbocycles. The maximum atomic E-state index is 13.2. The van der Waals surface area contributed by atoms with Gasteiger partial charge in [-0.15, -0.1) is 22.9 Å². The minimum Gasteiger partial charge on any atom is -0.332 e. The fraction of sp³-hybridized carbons (Fsp3) is 0.429. The van der Waals surface area contributed by atoms with Crippen LogP contribution < -0.4 is 0 Å². The summed E-state index contributed by atoms with van der Waals surface area (Å²) in [5, 5.41) is 2.10. The normalized spacial score (nSPS) is 16.1. The number of carbonyl (C=O) groups is 2. The molecule has 0 spiro atoms. The highest BCUT2D eigenvalue weighted by atomic mass is 35.5. The molecule has 4 nitrogen and oxygen atoms in total. The van der Waals surface area contributed by atoms with Crippen molar-refractivity contribution in [3.8, 4) is 0 Å². The second-order valence-electron chi connectivity index (χ2n) is 6.84. The molecule has 27 heavy (non-hydrogen) atoms. The summed E-state index contributed by atoms with van der Waals surface area (Å²) in [4.78, 5) is 30.2. The topological polar surface area (TPSA) is 40.6 Å². The maximum Gasteiger partial charge on any atom is 0.242 e. The molecular weight excluding hydrogens is 380 g/mol. The first kappa shape index (κ1) is 19.9. The number of amides is 2. The molecule has 0 N–H and O–H groups in total. The molecule has 0 aliphatic carbocycles. The summed E-state index contributed by atoms with van der Waals surface area (Å²) >= 11 is 7.49. The van der Waals surface area contributed by atoms with Crippen molar-refractivity contribution in [2.45, 2.75) is 32.7 Å². The zero-order valence-electron chi connectivity index (χ0n) is 15.8. The van der Waals surface area contributed by atoms with Crippen LogP contribution in [-0.4, -0.2) is 47.1 Å². The van der Waals surface area contributed by atoms with Gasteiger partial charge in [-0.25, -0.2) is 0 Å². The standard InChI is InChI=1S/C21H25ClN2O2S/c1-3-10-23(19(25)13-22)14-20(26)24-11-8-18-17(9-12-27-18)21(24)16-7-5-4-6-15(16)2/h4-7,9,12,21H,3,8,10-11,13-14H2,1-2H3/t21-/m1/s1. The number of nitrogens with zero attached hydrogens (tertiary/aromatic N) is 2. The van der Waals surface area contributed by atoms with Gasteiger partial charge in [-0.05, 0) is 47.9 Å². The number of fused-ring (bicyclic) bond motifs is 1. The molecule has 1 aliphatic rings. The number of benzene rings is 1. The molecule has 2 heterocycles. The number of hydrogen-bond acceptors (Lipinski definition) is 3. The second-order valence-corrected chi connectivity index (χ2v) is 8.11. The first-order valence-corrected chi connectivity index (χ1v) is 10.7. The lowest BCUT2D eigenvalue weighted by Crippen LogP contribution is -2.47. The molecule has 3 rings (SSSR count). The van der Waals surface area contributed by atoms with Crippen LogP contribution in [0.25, 0.3) is 0 Å². The molecule has 1 aromatic carbocycles. The van der Waals surface area contributed by atoms with Gasteiger partial charge in [0.05, 0.1) is 12.6 Å². The van der Waals surface area contributed by atoms with Gasteiger partial charge in [0.2, 0.25) is 11.8 Å². The monoisotopic (exact) mass is 404 g/mol. The quantitative estimate of drug-likeness (QED) is 0.682. The number of thiophene rings is 1. The summed E-state index contributed by atoms with van der Waals surface area (Å²) in [6.07, 6.45) is 1.66. The van der Waals surface area contributed by atoms with E-state index < -0.39 is 0 Å². The second kappa shape index (κ2) is 8.89. The Morgan fingerprint density at radius 3 is 2.74 bits per heavy atom. The Balaban J connectivity index is 1.92. The van der Waals surface area contributed by atoms with Crippen molar-refractivity contribution < 1.29 is 9.59 Å². The zero-order chi connectivity index (χ0) is 19.4. The van der Waals surface area contributed by atoms with Gasteiger partial charge in [-0.2, -0.15) is 0 Å². The molecule has 6 heteroatoms. The molecule has 1 aliphatic heterocycles. The molecule has 0 fully saturated rings. The van der Waals surface area contributed by atoms with Gasteiger partial charge in [-0.3, -0.25) is 9.59 Å². The van der Waals surface area contributed by atoms with Gasteiger partial charge >= 0.3 is 0 Å². The van der Waals surface area contributed by atoms with Crippen LogP contribution in [0.1, 0.15) is 41.0 Å². The third-order valence-corrected chi connectivity index (χ3v) is 6.28. The molecule has 2 amide bonds. The number of alkyl halides is 1. The van der Waals surface area contributed by atoms with E-state index in [1.54, 1.807) is 16.2 Å². The Bertz CT molecular complexity index is 820. The molecule has 0 radical (unpaired) electrons. The van der Waals surface area contributed by atoms with E-state index in [0.29, 0.717) is 13.1 Å². The van der Waals surface area contributed by atoms with E-state index >= 15 is 0 Å². The predicted octanol–water partition coefficient (Wildman–Crippen LogP) is 4.01. The Morgan fingerprint density at radius 1 is 1.26 bits per heavy atom. The Kier molecular flexibility index (Phi) is 6.55. The van der Waals surface area contributed by atoms with Crippen LogP contribution in [0, 0.1) is 6.92 Å². The molecule has 1 atom stereocenters. The van der Waals surface area contributed by atoms with Crippen LogP contribution in [0.15, 0.2) is 35.7 Å². The lowest BCUT2D eigenvalue weighted by Gasteiger charge is -2.38. The van der Waals surface area contributed by atoms with Gasteiger partial charge in [0.15, 0.2) is 0 Å². The SMILES string of the molecule is CCCN(CC(=O)N1CCc2sccc2[C@H]1c1ccccc1C)C(=O)CCl. The van der Waals surface area contributed by atoms with Crippen molar-refractivity contribution in [1.29, 1.82) is 0 Å². The molecule has 144 valence electrons. The van der Waals surface area contributed by atoms with Gasteiger partial charge in [0.25, 0.3) is 0 Å². The lowest BCUT2D eigenvalue weighted by molar-refractivity contribution is -0.140. The number of aryl methyl sites for hydroxylation is 1. The average Bonchev–Trinajstić information content (AvgIpc) is 3.15. The van der Waals surface area contributed by atoms with Crippen molar-refractivity contribution in [2.24, 2.45) is 0 Å². The summed E-state index contributed by atoms with van der Waals surface area (Å²) in [5.41, 5.74) is 3.53. The van der Waals surface area contributed by atoms with E-state index in [2.05, 4.69) is 30.5 Å². The van der Waals surface area contributed by atoms with Crippen molar-refractivity contribution in [3.63, 3.8) is 0 Å². The average molecular weight is 405 g/mol. The highest BCUT2D eigenvalue weighted by Gasteiger charge is 2.34. The third-order valence-electron chi connectivity index (χ3n) is 5.06. The van der Waals surface area contributed by atoms with Gasteiger partial charge in [0.1, 0.15) is 5.88 Å². The van der Waals surface area contributed by atoms with E-state index in [1.165, 1.54) is 16.0 Å². The van der Waals surface area contributed by atoms with Gasteiger partial charge in [0, 0.05) is 18.0 Å². The van der Waals surface area contributed by atoms with Crippen LogP contribution in [0.2, 0.25) is 0 Å². The Hall–Kier alpha value is -1.85. The third kappa shape index (κ3) is 4.19. The van der Waals surface area contributed by atoms with Crippen molar-refractivity contribution in [1.82, 2.24) is 9.80 Å². The van der Waals surface area contributed by atoms with E-state index in [1.807, 2.05) is 24.0 Å². The first-order valence-electron chi connectivity index (χ1n) is 9.31. The van der Waals surface area contributed by atoms with Crippen LogP contribution in [0.4, 0.5) is 0 Å². The van der Waals surface area contributed by atoms with Crippen molar-refractivity contribution in [2.75, 3.05) is 25.5 Å². The highest BCUT2D eigenvalue weighted by molar-refractivity contribution is 7.10. The van der Waals surface area contributed by atoms with Crippen LogP contribution in [0.5, 0.6) is 0 Å². The molecule has 1 aromatic heterocycles. The summed E-state index contributed by atoms with van der Waals surface area (Å²) in [7, 11) is 0. The summed E-state index contributed by atoms with van der Waals surface area (Å²) < 4.78 is 0. The summed E-state index contributed by atoms with van der Waals surface area (Å²) in [6, 6.07) is 10.3. The maximum absolute atomic E-state index is 13.2. The lowest BCUT2D eigenvalue weighted by atomic mass is 9.90. The number of carbonyl (C=O) groups excluding carboxylic acids is 2. The first-order chi connectivity index (χ1) is 13.1. The Morgan fingerprint density at radius 2 is 2.04 bits per heavy atom. The summed E-state index contributed by atoms with van der Waals surface area (Å²) in [6.45, 7) is 5.37.